The lowest BCUT2D eigenvalue weighted by Crippen LogP contribution is -2.45. The van der Waals surface area contributed by atoms with Gasteiger partial charge in [-0.3, -0.25) is 4.79 Å². The number of benzene rings is 1. The van der Waals surface area contributed by atoms with Gasteiger partial charge in [0.1, 0.15) is 13.2 Å². The van der Waals surface area contributed by atoms with Gasteiger partial charge < -0.3 is 24.4 Å². The lowest BCUT2D eigenvalue weighted by atomic mass is 9.77. The van der Waals surface area contributed by atoms with Gasteiger partial charge >= 0.3 is 11.9 Å². The monoisotopic (exact) mass is 466 g/mol. The van der Waals surface area contributed by atoms with E-state index < -0.39 is 6.10 Å². The molecule has 8 heteroatoms. The Kier molecular flexibility index (Phi) is 5.08. The number of rotatable bonds is 5. The molecule has 1 saturated carbocycles. The number of nitrogens with zero attached hydrogens (tertiary/aromatic N) is 2. The molecule has 6 rings (SSSR count). The highest BCUT2D eigenvalue weighted by Crippen LogP contribution is 2.48. The van der Waals surface area contributed by atoms with E-state index in [1.54, 1.807) is 17.9 Å². The number of aliphatic hydroxyl groups excluding tert-OH is 1. The first-order chi connectivity index (χ1) is 16.4. The van der Waals surface area contributed by atoms with E-state index in [-0.39, 0.29) is 29.9 Å². The van der Waals surface area contributed by atoms with Crippen molar-refractivity contribution in [3.05, 3.63) is 45.7 Å². The predicted molar refractivity (Wildman–Crippen MR) is 121 cm³/mol. The topological polar surface area (TPSA) is 96.4 Å². The van der Waals surface area contributed by atoms with Crippen molar-refractivity contribution < 1.29 is 29.0 Å². The van der Waals surface area contributed by atoms with Crippen LogP contribution in [0, 0.1) is 5.41 Å². The Labute approximate surface area is 198 Å². The first-order valence-electron chi connectivity index (χ1n) is 12.3. The van der Waals surface area contributed by atoms with Crippen molar-refractivity contribution in [2.75, 3.05) is 32.8 Å². The largest absolute Gasteiger partial charge is 0.457 e. The Morgan fingerprint density at radius 2 is 1.74 bits per heavy atom. The number of fused-ring (bicyclic) bond motifs is 1. The molecule has 4 heterocycles. The minimum atomic E-state index is -0.643. The lowest BCUT2D eigenvalue weighted by Gasteiger charge is -2.39. The van der Waals surface area contributed by atoms with Crippen molar-refractivity contribution in [3.63, 3.8) is 0 Å². The quantitative estimate of drug-likeness (QED) is 0.666. The first kappa shape index (κ1) is 21.8. The third-order valence-corrected chi connectivity index (χ3v) is 8.46. The number of carbonyl (C=O) groups excluding carboxylic acids is 3. The predicted octanol–water partition coefficient (Wildman–Crippen LogP) is 2.41. The fraction of sp³-hybridized carbons (Fsp3) is 0.577. The van der Waals surface area contributed by atoms with Crippen LogP contribution in [0.25, 0.3) is 0 Å². The molecule has 5 aliphatic rings. The van der Waals surface area contributed by atoms with Gasteiger partial charge in [-0.05, 0) is 75.2 Å². The molecule has 180 valence electrons. The number of aliphatic hydroxyl groups is 1. The van der Waals surface area contributed by atoms with Crippen molar-refractivity contribution in [1.29, 1.82) is 0 Å². The van der Waals surface area contributed by atoms with Gasteiger partial charge in [0, 0.05) is 18.7 Å². The third-order valence-electron chi connectivity index (χ3n) is 8.46. The van der Waals surface area contributed by atoms with Crippen LogP contribution in [0.15, 0.2) is 23.4 Å². The van der Waals surface area contributed by atoms with E-state index >= 15 is 0 Å². The van der Waals surface area contributed by atoms with Crippen molar-refractivity contribution in [1.82, 2.24) is 9.80 Å². The standard InChI is InChI=1S/C26H30N2O6/c1-15-20(14-34-23(15)30)28-11-8-26(25(28)32)6-9-27(10-7-26)12-21(29)18-5-4-17-19(13-33-24(17)31)22(18)16-2-3-16/h4-5,16,21,29H,2-3,6-14H2,1H3/t21-/m0/s1. The first-order valence-corrected chi connectivity index (χ1v) is 12.3. The van der Waals surface area contributed by atoms with Crippen molar-refractivity contribution in [3.8, 4) is 0 Å². The number of ether oxygens (including phenoxy) is 2. The molecule has 0 radical (unpaired) electrons. The number of hydrogen-bond acceptors (Lipinski definition) is 7. The number of likely N-dealkylation sites (tertiary alicyclic amines) is 2. The normalized spacial score (nSPS) is 25.2. The summed E-state index contributed by atoms with van der Waals surface area (Å²) in [4.78, 5) is 41.1. The minimum absolute atomic E-state index is 0.111. The number of carbonyl (C=O) groups is 3. The van der Waals surface area contributed by atoms with E-state index in [0.29, 0.717) is 36.8 Å². The summed E-state index contributed by atoms with van der Waals surface area (Å²) in [6.45, 7) is 4.84. The molecule has 34 heavy (non-hydrogen) atoms. The van der Waals surface area contributed by atoms with Gasteiger partial charge in [-0.25, -0.2) is 9.59 Å². The van der Waals surface area contributed by atoms with Crippen LogP contribution in [0.4, 0.5) is 0 Å². The van der Waals surface area contributed by atoms with Gasteiger partial charge in [-0.15, -0.1) is 0 Å². The maximum Gasteiger partial charge on any atom is 0.338 e. The molecule has 0 aromatic heterocycles. The molecule has 1 spiro atoms. The summed E-state index contributed by atoms with van der Waals surface area (Å²) in [6, 6.07) is 3.69. The van der Waals surface area contributed by atoms with Crippen LogP contribution >= 0.6 is 0 Å². The summed E-state index contributed by atoms with van der Waals surface area (Å²) in [5.74, 6) is -0.0840. The minimum Gasteiger partial charge on any atom is -0.457 e. The number of amides is 1. The summed E-state index contributed by atoms with van der Waals surface area (Å²) in [7, 11) is 0. The highest BCUT2D eigenvalue weighted by atomic mass is 16.5. The highest BCUT2D eigenvalue weighted by Gasteiger charge is 2.50. The Morgan fingerprint density at radius 3 is 2.41 bits per heavy atom. The number of hydrogen-bond donors (Lipinski definition) is 1. The molecule has 2 saturated heterocycles. The fourth-order valence-electron chi connectivity index (χ4n) is 6.19. The lowest BCUT2D eigenvalue weighted by molar-refractivity contribution is -0.138. The molecule has 3 fully saturated rings. The Balaban J connectivity index is 1.13. The molecule has 1 amide bonds. The second-order valence-corrected chi connectivity index (χ2v) is 10.4. The maximum absolute atomic E-state index is 13.4. The molecule has 0 bridgehead atoms. The van der Waals surface area contributed by atoms with Crippen molar-refractivity contribution in [2.45, 2.75) is 57.7 Å². The Morgan fingerprint density at radius 1 is 1.03 bits per heavy atom. The molecule has 8 nitrogen and oxygen atoms in total. The number of piperidine rings is 1. The average Bonchev–Trinajstić information content (AvgIpc) is 3.45. The van der Waals surface area contributed by atoms with E-state index in [0.717, 1.165) is 67.6 Å². The van der Waals surface area contributed by atoms with E-state index in [1.807, 2.05) is 6.07 Å². The van der Waals surface area contributed by atoms with Crippen molar-refractivity contribution >= 4 is 17.8 Å². The summed E-state index contributed by atoms with van der Waals surface area (Å²) in [5, 5.41) is 11.2. The molecular weight excluding hydrogens is 436 g/mol. The van der Waals surface area contributed by atoms with Gasteiger partial charge in [0.25, 0.3) is 0 Å². The molecule has 1 atom stereocenters. The second kappa shape index (κ2) is 7.92. The second-order valence-electron chi connectivity index (χ2n) is 10.4. The zero-order valence-electron chi connectivity index (χ0n) is 19.5. The molecule has 4 aliphatic heterocycles. The van der Waals surface area contributed by atoms with Crippen LogP contribution in [-0.2, 0) is 25.7 Å². The molecule has 1 aliphatic carbocycles. The average molecular weight is 467 g/mol. The van der Waals surface area contributed by atoms with E-state index in [2.05, 4.69) is 4.90 Å². The van der Waals surface area contributed by atoms with Crippen LogP contribution in [0.1, 0.15) is 78.1 Å². The highest BCUT2D eigenvalue weighted by molar-refractivity contribution is 5.95. The maximum atomic E-state index is 13.4. The van der Waals surface area contributed by atoms with Crippen LogP contribution < -0.4 is 0 Å². The zero-order chi connectivity index (χ0) is 23.6. The summed E-state index contributed by atoms with van der Waals surface area (Å²) in [6.07, 6.45) is 3.81. The molecule has 1 aromatic carbocycles. The van der Waals surface area contributed by atoms with Crippen LogP contribution in [0.2, 0.25) is 0 Å². The Bertz CT molecular complexity index is 1110. The van der Waals surface area contributed by atoms with E-state index in [1.165, 1.54) is 0 Å². The summed E-state index contributed by atoms with van der Waals surface area (Å²) >= 11 is 0. The van der Waals surface area contributed by atoms with Crippen molar-refractivity contribution in [2.24, 2.45) is 5.41 Å². The SMILES string of the molecule is CC1=C(N2CCC3(CCN(C[C@H](O)c4ccc5c(c4C4CC4)COC5=O)CC3)C2=O)COC1=O. The van der Waals surface area contributed by atoms with E-state index in [4.69, 9.17) is 9.47 Å². The molecule has 1 N–H and O–H groups in total. The smallest absolute Gasteiger partial charge is 0.338 e. The number of cyclic esters (lactones) is 2. The van der Waals surface area contributed by atoms with Gasteiger partial charge in [0.05, 0.1) is 28.4 Å². The van der Waals surface area contributed by atoms with Gasteiger partial charge in [-0.2, -0.15) is 0 Å². The van der Waals surface area contributed by atoms with Crippen LogP contribution in [0.5, 0.6) is 0 Å². The Hall–Kier alpha value is -2.71. The fourth-order valence-corrected chi connectivity index (χ4v) is 6.19. The van der Waals surface area contributed by atoms with Crippen LogP contribution in [-0.4, -0.2) is 65.5 Å². The third kappa shape index (κ3) is 3.38. The zero-order valence-corrected chi connectivity index (χ0v) is 19.5. The summed E-state index contributed by atoms with van der Waals surface area (Å²) < 4.78 is 10.4. The molecular formula is C26H30N2O6. The van der Waals surface area contributed by atoms with Crippen LogP contribution in [0.3, 0.4) is 0 Å². The number of β-amino-alcohol motifs (C(OH)–C–C–N with tert-alkyl or cyclic N) is 1. The van der Waals surface area contributed by atoms with Gasteiger partial charge in [-0.1, -0.05) is 6.07 Å². The summed E-state index contributed by atoms with van der Waals surface area (Å²) in [5.41, 5.74) is 4.50. The van der Waals surface area contributed by atoms with Gasteiger partial charge in [0.15, 0.2) is 0 Å². The van der Waals surface area contributed by atoms with E-state index in [9.17, 15) is 19.5 Å². The number of esters is 2. The molecule has 0 unspecified atom stereocenters. The molecule has 1 aromatic rings. The van der Waals surface area contributed by atoms with Gasteiger partial charge in [0.2, 0.25) is 5.91 Å².